The summed E-state index contributed by atoms with van der Waals surface area (Å²) in [4.78, 5) is 12.0. The van der Waals surface area contributed by atoms with E-state index < -0.39 is 11.7 Å². The average molecular weight is 389 g/mol. The van der Waals surface area contributed by atoms with Crippen LogP contribution < -0.4 is 10.6 Å². The van der Waals surface area contributed by atoms with E-state index in [1.54, 1.807) is 0 Å². The lowest BCUT2D eigenvalue weighted by Gasteiger charge is -2.38. The monoisotopic (exact) mass is 388 g/mol. The van der Waals surface area contributed by atoms with Crippen molar-refractivity contribution in [3.05, 3.63) is 34.6 Å². The molecule has 7 heteroatoms. The fourth-order valence-electron chi connectivity index (χ4n) is 3.73. The van der Waals surface area contributed by atoms with Gasteiger partial charge in [-0.2, -0.15) is 0 Å². The number of hydrogen-bond donors (Lipinski definition) is 2. The van der Waals surface area contributed by atoms with Gasteiger partial charge in [-0.3, -0.25) is 4.79 Å². The van der Waals surface area contributed by atoms with Gasteiger partial charge in [-0.15, -0.1) is 0 Å². The second-order valence-corrected chi connectivity index (χ2v) is 8.05. The molecular formula is C19H24ClF3N2O. The minimum absolute atomic E-state index is 0.00274. The van der Waals surface area contributed by atoms with Crippen molar-refractivity contribution in [3.63, 3.8) is 0 Å². The molecule has 3 rings (SSSR count). The van der Waals surface area contributed by atoms with Crippen LogP contribution in [0.25, 0.3) is 0 Å². The normalized spacial score (nSPS) is 25.5. The summed E-state index contributed by atoms with van der Waals surface area (Å²) in [7, 11) is 0. The van der Waals surface area contributed by atoms with Crippen molar-refractivity contribution < 1.29 is 18.0 Å². The summed E-state index contributed by atoms with van der Waals surface area (Å²) < 4.78 is 39.6. The number of carbonyl (C=O) groups is 1. The minimum atomic E-state index is -2.47. The molecule has 0 unspecified atom stereocenters. The summed E-state index contributed by atoms with van der Waals surface area (Å²) in [6.07, 6.45) is 3.08. The lowest BCUT2D eigenvalue weighted by Crippen LogP contribution is -2.47. The second kappa shape index (κ2) is 8.17. The molecule has 1 aromatic carbocycles. The van der Waals surface area contributed by atoms with Crippen molar-refractivity contribution in [2.45, 2.75) is 50.5 Å². The number of carbonyl (C=O) groups excluding carboxylic acids is 1. The van der Waals surface area contributed by atoms with Gasteiger partial charge in [-0.25, -0.2) is 13.2 Å². The molecule has 144 valence electrons. The molecule has 1 aromatic rings. The quantitative estimate of drug-likeness (QED) is 0.758. The second-order valence-electron chi connectivity index (χ2n) is 7.61. The Hall–Kier alpha value is -1.27. The Morgan fingerprint density at radius 3 is 2.46 bits per heavy atom. The molecule has 0 heterocycles. The fraction of sp³-hybridized carbons (Fsp3) is 0.632. The maximum atomic E-state index is 13.3. The molecule has 2 saturated carbocycles. The van der Waals surface area contributed by atoms with E-state index in [1.165, 1.54) is 12.1 Å². The number of hydrogen-bond acceptors (Lipinski definition) is 2. The van der Waals surface area contributed by atoms with E-state index in [0.29, 0.717) is 37.3 Å². The van der Waals surface area contributed by atoms with E-state index in [9.17, 15) is 18.0 Å². The topological polar surface area (TPSA) is 41.1 Å². The highest BCUT2D eigenvalue weighted by Crippen LogP contribution is 2.36. The van der Waals surface area contributed by atoms with Crippen LogP contribution in [0.1, 0.15) is 48.9 Å². The fourth-order valence-corrected chi connectivity index (χ4v) is 3.95. The highest BCUT2D eigenvalue weighted by atomic mass is 35.5. The third-order valence-corrected chi connectivity index (χ3v) is 5.66. The molecule has 0 bridgehead atoms. The standard InChI is InChI=1S/C19H24ClF3N2O/c20-15-7-14(8-16(21)9-15)18(26)25-11-13-5-17(6-13)24-10-12-1-3-19(22,23)4-2-12/h7-9,12-13,17,24H,1-6,10-11H2,(H,25,26)/t13-,17-. The summed E-state index contributed by atoms with van der Waals surface area (Å²) in [6.45, 7) is 1.34. The average Bonchev–Trinajstić information content (AvgIpc) is 2.53. The molecule has 0 atom stereocenters. The Labute approximate surface area is 156 Å². The Balaban J connectivity index is 1.31. The van der Waals surface area contributed by atoms with Gasteiger partial charge in [-0.1, -0.05) is 11.6 Å². The lowest BCUT2D eigenvalue weighted by molar-refractivity contribution is -0.0460. The van der Waals surface area contributed by atoms with E-state index in [1.807, 2.05) is 0 Å². The molecular weight excluding hydrogens is 365 g/mol. The van der Waals surface area contributed by atoms with E-state index in [4.69, 9.17) is 11.6 Å². The molecule has 0 aliphatic heterocycles. The molecule has 26 heavy (non-hydrogen) atoms. The minimum Gasteiger partial charge on any atom is -0.352 e. The molecule has 1 amide bonds. The summed E-state index contributed by atoms with van der Waals surface area (Å²) in [5, 5.41) is 6.47. The van der Waals surface area contributed by atoms with Crippen LogP contribution in [0, 0.1) is 17.7 Å². The molecule has 0 aromatic heterocycles. The van der Waals surface area contributed by atoms with Gasteiger partial charge < -0.3 is 10.6 Å². The maximum absolute atomic E-state index is 13.3. The first kappa shape index (κ1) is 19.5. The number of rotatable bonds is 6. The molecule has 2 N–H and O–H groups in total. The molecule has 2 aliphatic carbocycles. The Morgan fingerprint density at radius 2 is 1.81 bits per heavy atom. The summed E-state index contributed by atoms with van der Waals surface area (Å²) in [6, 6.07) is 4.16. The van der Waals surface area contributed by atoms with Crippen molar-refractivity contribution in [1.29, 1.82) is 0 Å². The van der Waals surface area contributed by atoms with Gasteiger partial charge in [0.25, 0.3) is 5.91 Å². The van der Waals surface area contributed by atoms with Gasteiger partial charge in [0.15, 0.2) is 0 Å². The lowest BCUT2D eigenvalue weighted by atomic mass is 9.79. The van der Waals surface area contributed by atoms with Gasteiger partial charge in [0.2, 0.25) is 5.92 Å². The molecule has 2 aliphatic rings. The van der Waals surface area contributed by atoms with Crippen LogP contribution in [0.5, 0.6) is 0 Å². The number of amides is 1. The summed E-state index contributed by atoms with van der Waals surface area (Å²) in [5.41, 5.74) is 0.220. The third kappa shape index (κ3) is 5.36. The zero-order chi connectivity index (χ0) is 18.7. The van der Waals surface area contributed by atoms with Crippen molar-refractivity contribution in [3.8, 4) is 0 Å². The van der Waals surface area contributed by atoms with E-state index in [-0.39, 0.29) is 29.3 Å². The molecule has 0 saturated heterocycles. The van der Waals surface area contributed by atoms with Crippen LogP contribution >= 0.6 is 11.6 Å². The van der Waals surface area contributed by atoms with Crippen molar-refractivity contribution in [2.24, 2.45) is 11.8 Å². The summed E-state index contributed by atoms with van der Waals surface area (Å²) >= 11 is 5.76. The molecule has 2 fully saturated rings. The van der Waals surface area contributed by atoms with Crippen molar-refractivity contribution >= 4 is 17.5 Å². The van der Waals surface area contributed by atoms with Gasteiger partial charge in [0.1, 0.15) is 5.82 Å². The number of alkyl halides is 2. The van der Waals surface area contributed by atoms with Crippen LogP contribution in [-0.4, -0.2) is 31.0 Å². The third-order valence-electron chi connectivity index (χ3n) is 5.44. The zero-order valence-corrected chi connectivity index (χ0v) is 15.3. The van der Waals surface area contributed by atoms with Crippen LogP contribution in [-0.2, 0) is 0 Å². The highest BCUT2D eigenvalue weighted by molar-refractivity contribution is 6.31. The first-order valence-corrected chi connectivity index (χ1v) is 9.54. The van der Waals surface area contributed by atoms with Gasteiger partial charge in [0, 0.05) is 36.0 Å². The predicted octanol–water partition coefficient (Wildman–Crippen LogP) is 4.40. The Kier molecular flexibility index (Phi) is 6.13. The van der Waals surface area contributed by atoms with Crippen LogP contribution in [0.15, 0.2) is 18.2 Å². The number of nitrogens with one attached hydrogen (secondary N) is 2. The van der Waals surface area contributed by atoms with Crippen LogP contribution in [0.4, 0.5) is 13.2 Å². The first-order valence-electron chi connectivity index (χ1n) is 9.16. The van der Waals surface area contributed by atoms with Crippen LogP contribution in [0.3, 0.4) is 0 Å². The van der Waals surface area contributed by atoms with Crippen LogP contribution in [0.2, 0.25) is 5.02 Å². The molecule has 0 radical (unpaired) electrons. The van der Waals surface area contributed by atoms with E-state index in [0.717, 1.165) is 25.5 Å². The van der Waals surface area contributed by atoms with Gasteiger partial charge >= 0.3 is 0 Å². The molecule has 0 spiro atoms. The largest absolute Gasteiger partial charge is 0.352 e. The zero-order valence-electron chi connectivity index (χ0n) is 14.5. The van der Waals surface area contributed by atoms with Crippen molar-refractivity contribution in [2.75, 3.05) is 13.1 Å². The van der Waals surface area contributed by atoms with Crippen molar-refractivity contribution in [1.82, 2.24) is 10.6 Å². The van der Waals surface area contributed by atoms with Gasteiger partial charge in [-0.05, 0) is 62.3 Å². The smallest absolute Gasteiger partial charge is 0.251 e. The Morgan fingerprint density at radius 1 is 1.12 bits per heavy atom. The van der Waals surface area contributed by atoms with Gasteiger partial charge in [0.05, 0.1) is 0 Å². The highest BCUT2D eigenvalue weighted by Gasteiger charge is 2.35. The molecule has 3 nitrogen and oxygen atoms in total. The maximum Gasteiger partial charge on any atom is 0.251 e. The van der Waals surface area contributed by atoms with E-state index in [2.05, 4.69) is 10.6 Å². The number of halogens is 4. The SMILES string of the molecule is O=C(NC[C@H]1C[C@H](NCC2CCC(F)(F)CC2)C1)c1cc(F)cc(Cl)c1. The summed E-state index contributed by atoms with van der Waals surface area (Å²) in [5.74, 6) is -2.61. The number of benzene rings is 1. The predicted molar refractivity (Wildman–Crippen MR) is 95.2 cm³/mol. The first-order chi connectivity index (χ1) is 12.3. The Bertz CT molecular complexity index is 619. The van der Waals surface area contributed by atoms with E-state index >= 15 is 0 Å².